The van der Waals surface area contributed by atoms with Crippen LogP contribution in [-0.2, 0) is 11.3 Å². The largest absolute Gasteiger partial charge is 0.497 e. The quantitative estimate of drug-likeness (QED) is 0.0390. The molecule has 24 nitrogen and oxygen atoms in total. The van der Waals surface area contributed by atoms with Gasteiger partial charge in [-0.05, 0) is 205 Å². The van der Waals surface area contributed by atoms with Crippen molar-refractivity contribution in [2.24, 2.45) is 0 Å². The van der Waals surface area contributed by atoms with Crippen LogP contribution in [-0.4, -0.2) is 127 Å². The minimum Gasteiger partial charge on any atom is -0.497 e. The third-order valence-electron chi connectivity index (χ3n) is 21.2. The predicted molar refractivity (Wildman–Crippen MR) is 476 cm³/mol. The number of carbonyl (C=O) groups excluding carboxylic acids is 3. The van der Waals surface area contributed by atoms with E-state index in [-0.39, 0.29) is 52.0 Å². The summed E-state index contributed by atoms with van der Waals surface area (Å²) in [5.41, 5.74) is 11.2. The second-order valence-corrected chi connectivity index (χ2v) is 29.2. The Labute approximate surface area is 741 Å². The number of hydrogen-bond donors (Lipinski definition) is 0. The molecule has 8 heterocycles. The smallest absolute Gasteiger partial charge is 0.387 e. The van der Waals surface area contributed by atoms with Gasteiger partial charge in [0.1, 0.15) is 90.7 Å². The number of halogens is 7. The number of fused-ring (bicyclic) bond motifs is 8. The molecular weight excluding hydrogens is 1690 g/mol. The number of rotatable bonds is 20. The van der Waals surface area contributed by atoms with Crippen molar-refractivity contribution in [2.75, 3.05) is 68.6 Å². The highest BCUT2D eigenvalue weighted by Crippen LogP contribution is 2.42. The molecule has 6 aromatic heterocycles. The average molecular weight is 1770 g/mol. The molecule has 0 amide bonds. The summed E-state index contributed by atoms with van der Waals surface area (Å²) in [4.78, 5) is 37.5. The summed E-state index contributed by atoms with van der Waals surface area (Å²) in [6, 6.07) is 61.8. The Morgan fingerprint density at radius 1 is 0.423 bits per heavy atom. The minimum atomic E-state index is -3.03. The van der Waals surface area contributed by atoms with Crippen LogP contribution in [0.5, 0.6) is 63.2 Å². The van der Waals surface area contributed by atoms with Crippen molar-refractivity contribution >= 4 is 83.0 Å². The molecule has 0 bridgehead atoms. The zero-order valence-electron chi connectivity index (χ0n) is 72.2. The number of carbonyl (C=O) groups is 3. The third kappa shape index (κ3) is 20.0. The molecule has 0 N–H and O–H groups in total. The molecule has 130 heavy (non-hydrogen) atoms. The van der Waals surface area contributed by atoms with Gasteiger partial charge in [-0.3, -0.25) is 14.2 Å². The predicted octanol–water partition coefficient (Wildman–Crippen LogP) is 22.3. The van der Waals surface area contributed by atoms with Crippen molar-refractivity contribution < 1.29 is 102 Å². The van der Waals surface area contributed by atoms with Crippen LogP contribution in [0, 0.1) is 46.7 Å². The van der Waals surface area contributed by atoms with E-state index in [0.717, 1.165) is 120 Å². The summed E-state index contributed by atoms with van der Waals surface area (Å²) in [5, 5.41) is 31.4. The lowest BCUT2D eigenvalue weighted by atomic mass is 10.0. The Balaban J connectivity index is 0.000000134. The van der Waals surface area contributed by atoms with Gasteiger partial charge in [-0.15, -0.1) is 0 Å². The molecule has 0 unspecified atom stereocenters. The number of nitrogens with zero attached hydrogens (tertiary/aromatic N) is 9. The fourth-order valence-electron chi connectivity index (χ4n) is 15.0. The molecule has 0 fully saturated rings. The van der Waals surface area contributed by atoms with Gasteiger partial charge in [0.15, 0.2) is 34.6 Å². The van der Waals surface area contributed by atoms with E-state index >= 15 is 0 Å². The van der Waals surface area contributed by atoms with E-state index in [1.807, 2.05) is 158 Å². The second-order valence-electron chi connectivity index (χ2n) is 29.2. The molecule has 2 aliphatic rings. The van der Waals surface area contributed by atoms with E-state index < -0.39 is 25.7 Å². The molecule has 0 radical (unpaired) electrons. The Kier molecular flexibility index (Phi) is 28.9. The second kappa shape index (κ2) is 41.0. The van der Waals surface area contributed by atoms with Gasteiger partial charge in [0.2, 0.25) is 0 Å². The Bertz CT molecular complexity index is 6960. The number of nitriles is 3. The molecule has 666 valence electrons. The number of Topliss-reactive ketones (excluding diaryl/α,β-unsaturated/α-hetero) is 1. The van der Waals surface area contributed by atoms with Gasteiger partial charge >= 0.3 is 25.7 Å². The van der Waals surface area contributed by atoms with Crippen LogP contribution < -0.4 is 52.1 Å². The molecular formula is C99H86F7N9O15. The minimum absolute atomic E-state index is 0.0186. The number of methoxy groups -OCH3 is 5. The molecule has 10 aromatic carbocycles. The fraction of sp³-hybridized carbons (Fsp3) is 0.212. The first-order valence-corrected chi connectivity index (χ1v) is 40.6. The van der Waals surface area contributed by atoms with E-state index in [2.05, 4.69) is 47.0 Å². The van der Waals surface area contributed by atoms with Gasteiger partial charge in [0.25, 0.3) is 0 Å². The highest BCUT2D eigenvalue weighted by molar-refractivity contribution is 6.17. The topological polar surface area (TPSA) is 263 Å². The van der Waals surface area contributed by atoms with E-state index in [1.165, 1.54) is 48.5 Å². The summed E-state index contributed by atoms with van der Waals surface area (Å²) in [5.74, 6) is 5.43. The fourth-order valence-corrected chi connectivity index (χ4v) is 15.0. The van der Waals surface area contributed by atoms with Gasteiger partial charge in [-0.1, -0.05) is 0 Å². The highest BCUT2D eigenvalue weighted by Gasteiger charge is 2.27. The lowest BCUT2D eigenvalue weighted by Crippen LogP contribution is -2.15. The van der Waals surface area contributed by atoms with Crippen LogP contribution in [0.25, 0.3) is 82.5 Å². The summed E-state index contributed by atoms with van der Waals surface area (Å²) in [6.07, 6.45) is 8.41. The van der Waals surface area contributed by atoms with Gasteiger partial charge in [-0.2, -0.15) is 42.1 Å². The number of alkyl halides is 6. The number of aryl methyl sites for hydroxylation is 1. The summed E-state index contributed by atoms with van der Waals surface area (Å²) in [6.45, 7) is 5.79. The molecule has 0 aliphatic carbocycles. The van der Waals surface area contributed by atoms with Crippen LogP contribution in [0.4, 0.5) is 30.7 Å². The average Bonchev–Trinajstić information content (AvgIpc) is 1.59. The first kappa shape index (κ1) is 91.7. The maximum atomic E-state index is 13.2. The number of aromatic nitrogens is 6. The molecule has 0 saturated carbocycles. The zero-order valence-corrected chi connectivity index (χ0v) is 72.2. The first-order chi connectivity index (χ1) is 62.7. The lowest BCUT2D eigenvalue weighted by Gasteiger charge is -2.19. The first-order valence-electron chi connectivity index (χ1n) is 40.6. The summed E-state index contributed by atoms with van der Waals surface area (Å²) in [7, 11) is 8.07. The van der Waals surface area contributed by atoms with Crippen molar-refractivity contribution in [3.05, 3.63) is 276 Å². The molecule has 31 heteroatoms. The highest BCUT2D eigenvalue weighted by atomic mass is 19.3. The lowest BCUT2D eigenvalue weighted by molar-refractivity contribution is -0.0504. The maximum Gasteiger partial charge on any atom is 0.387 e. The van der Waals surface area contributed by atoms with Crippen molar-refractivity contribution in [1.29, 1.82) is 15.8 Å². The Morgan fingerprint density at radius 2 is 0.831 bits per heavy atom. The van der Waals surface area contributed by atoms with Gasteiger partial charge < -0.3 is 79.7 Å². The number of esters is 1. The molecule has 0 saturated heterocycles. The van der Waals surface area contributed by atoms with Crippen LogP contribution in [0.15, 0.2) is 225 Å². The number of hydrogen-bond acceptors (Lipinski definition) is 18. The van der Waals surface area contributed by atoms with Crippen LogP contribution >= 0.6 is 0 Å². The molecule has 18 rings (SSSR count). The molecule has 0 atom stereocenters. The normalized spacial score (nSPS) is 11.7. The Morgan fingerprint density at radius 3 is 1.30 bits per heavy atom. The molecule has 0 spiro atoms. The molecule has 2 aliphatic heterocycles. The van der Waals surface area contributed by atoms with E-state index in [1.54, 1.807) is 86.8 Å². The van der Waals surface area contributed by atoms with Crippen molar-refractivity contribution in [3.63, 3.8) is 0 Å². The van der Waals surface area contributed by atoms with E-state index in [9.17, 15) is 50.4 Å². The number of ketones is 2. The monoisotopic (exact) mass is 1770 g/mol. The van der Waals surface area contributed by atoms with Crippen LogP contribution in [0.2, 0.25) is 0 Å². The SMILES string of the molecule is CC(C)n1cc(C#N)c2cc3c(cc21)OCCO3.CCOC(=O)c1c(C)n(-c2ccc(OC)cc2)c2ccc(OC(F)F)cc12.CCn1cc(C#N)c2cc3c(cc21)OCCO3.COc1ccc(-n2cc(C(=O)c3ccc(F)cc3)c3ccc(OC)cc32)cc1.COc1ccc(-n2cc(C(C)=O)c3ccc(OC)cc32)cc1.N#Cc1cn(C(F)F)c2cc(OC(F)F)ccc12. The number of benzene rings is 10. The standard InChI is InChI=1S/C23H18FNO3.C20H19F2NO4.C18H17NO3.C14H14N2O2.C13H12N2O2.C11H6F4N2O/c1-27-18-9-7-17(8-10-18)25-14-21(20-12-11-19(28-2)13-22(20)25)23(26)15-3-5-16(24)6-4-15;1-4-26-19(24)18-12(2)23(13-5-7-14(25-3)8-6-13)17-10-9-15(11-16(17)18)27-20(21)22;1-12(20)17-11-19(13-4-6-14(21-2)7-5-13)18-10-15(22-3)8-9-16(17)18;1-9(2)16-8-10(7-15)11-5-13-14(6-12(11)16)18-4-3-17-13;1-2-15-8-9(7-14)10-5-12-13(6-11(10)15)17-4-3-16-12;12-10(13)17-5-6(4-16)8-2-1-7(3-9(8)17)18-11(14)15/h3-14H,1-2H3;5-11,20H,4H2,1-3H3;4-11H,1-3H3;5-6,8-9H,3-4H2,1-2H3;5-6,8H,2-4H2,1H3;1-3,5,10-11H. The van der Waals surface area contributed by atoms with Crippen molar-refractivity contribution in [1.82, 2.24) is 27.4 Å². The maximum absolute atomic E-state index is 13.2. The summed E-state index contributed by atoms with van der Waals surface area (Å²) >= 11 is 0. The number of ether oxygens (including phenoxy) is 12. The van der Waals surface area contributed by atoms with E-state index in [4.69, 9.17) is 57.9 Å². The van der Waals surface area contributed by atoms with Crippen LogP contribution in [0.3, 0.4) is 0 Å². The molecule has 16 aromatic rings. The zero-order chi connectivity index (χ0) is 92.7. The Hall–Kier alpha value is -16.0. The van der Waals surface area contributed by atoms with Gasteiger partial charge in [-0.25, -0.2) is 9.18 Å². The van der Waals surface area contributed by atoms with Gasteiger partial charge in [0.05, 0.1) is 97.5 Å². The third-order valence-corrected chi connectivity index (χ3v) is 21.2. The van der Waals surface area contributed by atoms with E-state index in [0.29, 0.717) is 98.5 Å². The van der Waals surface area contributed by atoms with Crippen molar-refractivity contribution in [3.8, 4) is 98.5 Å². The van der Waals surface area contributed by atoms with Gasteiger partial charge in [0, 0.05) is 146 Å². The van der Waals surface area contributed by atoms with Crippen molar-refractivity contribution in [2.45, 2.75) is 73.9 Å². The van der Waals surface area contributed by atoms with Crippen LogP contribution in [0.1, 0.15) is 106 Å². The summed E-state index contributed by atoms with van der Waals surface area (Å²) < 4.78 is 161.